The Labute approximate surface area is 193 Å². The summed E-state index contributed by atoms with van der Waals surface area (Å²) in [5.74, 6) is 0. The van der Waals surface area contributed by atoms with Crippen LogP contribution in [0, 0.1) is 0 Å². The second-order valence-electron chi connectivity index (χ2n) is 6.49. The van der Waals surface area contributed by atoms with Crippen LogP contribution in [0.4, 0.5) is 5.69 Å². The first kappa shape index (κ1) is 23.4. The van der Waals surface area contributed by atoms with E-state index >= 15 is 0 Å². The van der Waals surface area contributed by atoms with E-state index in [1.54, 1.807) is 6.20 Å². The quantitative estimate of drug-likeness (QED) is 0.575. The van der Waals surface area contributed by atoms with Crippen molar-refractivity contribution < 1.29 is 0 Å². The van der Waals surface area contributed by atoms with Crippen LogP contribution in [0.5, 0.6) is 0 Å². The molecule has 1 N–H and O–H groups in total. The Bertz CT molecular complexity index is 949. The van der Waals surface area contributed by atoms with Gasteiger partial charge < -0.3 is 15.1 Å². The van der Waals surface area contributed by atoms with E-state index in [9.17, 15) is 0 Å². The number of aromatic nitrogens is 2. The second-order valence-corrected chi connectivity index (χ2v) is 7.31. The maximum absolute atomic E-state index is 6.10. The molecule has 3 aromatic rings. The number of hydrogen-bond donors (Lipinski definition) is 1. The Morgan fingerprint density at radius 3 is 2.59 bits per heavy atom. The van der Waals surface area contributed by atoms with Gasteiger partial charge >= 0.3 is 0 Å². The molecule has 1 aliphatic rings. The Hall–Kier alpha value is -1.86. The number of fused-ring (bicyclic) bond motifs is 1. The zero-order valence-electron chi connectivity index (χ0n) is 15.6. The number of piperazine rings is 1. The van der Waals surface area contributed by atoms with Crippen molar-refractivity contribution in [3.05, 3.63) is 65.6 Å². The molecule has 3 heterocycles. The van der Waals surface area contributed by atoms with Gasteiger partial charge in [0.2, 0.25) is 0 Å². The number of benzene rings is 1. The average molecular weight is 471 g/mol. The Morgan fingerprint density at radius 1 is 1.07 bits per heavy atom. The molecular weight excluding hydrogens is 449 g/mol. The lowest BCUT2D eigenvalue weighted by atomic mass is 10.1. The second kappa shape index (κ2) is 10.8. The topological polar surface area (TPSA) is 44.3 Å². The van der Waals surface area contributed by atoms with Gasteiger partial charge in [-0.05, 0) is 48.1 Å². The summed E-state index contributed by atoms with van der Waals surface area (Å²) in [5.41, 5.74) is 3.25. The van der Waals surface area contributed by atoms with Crippen LogP contribution in [0.1, 0.15) is 5.56 Å². The van der Waals surface area contributed by atoms with E-state index < -0.39 is 0 Å². The Morgan fingerprint density at radius 2 is 1.86 bits per heavy atom. The van der Waals surface area contributed by atoms with Crippen molar-refractivity contribution >= 4 is 70.3 Å². The lowest BCUT2D eigenvalue weighted by Gasteiger charge is -2.37. The highest BCUT2D eigenvalue weighted by atomic mass is 35.5. The zero-order chi connectivity index (χ0) is 18.6. The monoisotopic (exact) mass is 469 g/mol. The molecule has 0 unspecified atom stereocenters. The van der Waals surface area contributed by atoms with Crippen molar-refractivity contribution in [2.24, 2.45) is 0 Å². The van der Waals surface area contributed by atoms with E-state index in [4.69, 9.17) is 23.8 Å². The smallest absolute Gasteiger partial charge is 0.169 e. The SMILES string of the molecule is Cl.Cl.S=C(NCc1cccnc1)N1CCN(c2ccnc3cc(Cl)ccc23)CC1. The molecule has 0 atom stereocenters. The molecule has 1 aromatic carbocycles. The molecule has 0 bridgehead atoms. The molecule has 0 spiro atoms. The standard InChI is InChI=1S/C20H20ClN5S.2ClH/c21-16-3-4-17-18(12-16)23-7-5-19(17)25-8-10-26(11-9-25)20(27)24-14-15-2-1-6-22-13-15;;/h1-7,12-13H,8-11,14H2,(H,24,27);2*1H. The highest BCUT2D eigenvalue weighted by Gasteiger charge is 2.20. The zero-order valence-corrected chi connectivity index (χ0v) is 18.8. The number of anilines is 1. The summed E-state index contributed by atoms with van der Waals surface area (Å²) in [7, 11) is 0. The van der Waals surface area contributed by atoms with Crippen LogP contribution in [0.3, 0.4) is 0 Å². The van der Waals surface area contributed by atoms with E-state index in [1.807, 2.05) is 42.7 Å². The third-order valence-electron chi connectivity index (χ3n) is 4.76. The summed E-state index contributed by atoms with van der Waals surface area (Å²) in [6.45, 7) is 4.29. The van der Waals surface area contributed by atoms with E-state index in [0.29, 0.717) is 11.6 Å². The van der Waals surface area contributed by atoms with Crippen molar-refractivity contribution in [1.29, 1.82) is 0 Å². The summed E-state index contributed by atoms with van der Waals surface area (Å²) in [5, 5.41) is 5.97. The normalized spacial score (nSPS) is 13.4. The molecule has 0 aliphatic carbocycles. The van der Waals surface area contributed by atoms with Crippen LogP contribution >= 0.6 is 48.6 Å². The average Bonchev–Trinajstić information content (AvgIpc) is 2.72. The van der Waals surface area contributed by atoms with E-state index in [0.717, 1.165) is 47.8 Å². The van der Waals surface area contributed by atoms with Crippen LogP contribution in [-0.2, 0) is 6.54 Å². The van der Waals surface area contributed by atoms with Crippen molar-refractivity contribution in [3.8, 4) is 0 Å². The summed E-state index contributed by atoms with van der Waals surface area (Å²) in [6, 6.07) is 11.9. The summed E-state index contributed by atoms with van der Waals surface area (Å²) < 4.78 is 0. The predicted octanol–water partition coefficient (Wildman–Crippen LogP) is 4.32. The predicted molar refractivity (Wildman–Crippen MR) is 129 cm³/mol. The summed E-state index contributed by atoms with van der Waals surface area (Å²) in [6.07, 6.45) is 5.48. The minimum Gasteiger partial charge on any atom is -0.367 e. The van der Waals surface area contributed by atoms with Crippen LogP contribution in [0.2, 0.25) is 5.02 Å². The van der Waals surface area contributed by atoms with Crippen molar-refractivity contribution in [2.75, 3.05) is 31.1 Å². The van der Waals surface area contributed by atoms with Crippen LogP contribution in [-0.4, -0.2) is 46.2 Å². The van der Waals surface area contributed by atoms with Crippen LogP contribution in [0.25, 0.3) is 10.9 Å². The van der Waals surface area contributed by atoms with Crippen LogP contribution < -0.4 is 10.2 Å². The van der Waals surface area contributed by atoms with Gasteiger partial charge in [-0.2, -0.15) is 0 Å². The lowest BCUT2D eigenvalue weighted by molar-refractivity contribution is 0.380. The van der Waals surface area contributed by atoms with E-state index in [2.05, 4.69) is 31.2 Å². The van der Waals surface area contributed by atoms with Crippen molar-refractivity contribution in [1.82, 2.24) is 20.2 Å². The summed E-state index contributed by atoms with van der Waals surface area (Å²) >= 11 is 11.7. The van der Waals surface area contributed by atoms with Gasteiger partial charge in [0.1, 0.15) is 0 Å². The number of thiocarbonyl (C=S) groups is 1. The van der Waals surface area contributed by atoms with Crippen LogP contribution in [0.15, 0.2) is 55.0 Å². The fraction of sp³-hybridized carbons (Fsp3) is 0.250. The van der Waals surface area contributed by atoms with Gasteiger partial charge in [-0.1, -0.05) is 17.7 Å². The number of rotatable bonds is 3. The van der Waals surface area contributed by atoms with Gasteiger partial charge in [0.25, 0.3) is 0 Å². The van der Waals surface area contributed by atoms with Gasteiger partial charge in [-0.3, -0.25) is 9.97 Å². The maximum Gasteiger partial charge on any atom is 0.169 e. The summed E-state index contributed by atoms with van der Waals surface area (Å²) in [4.78, 5) is 13.2. The molecule has 1 fully saturated rings. The van der Waals surface area contributed by atoms with Crippen molar-refractivity contribution in [3.63, 3.8) is 0 Å². The molecular formula is C20H22Cl3N5S. The Kier molecular flexibility index (Phi) is 8.71. The van der Waals surface area contributed by atoms with Gasteiger partial charge in [0.05, 0.1) is 5.52 Å². The molecule has 5 nitrogen and oxygen atoms in total. The first-order valence-electron chi connectivity index (χ1n) is 8.91. The van der Waals surface area contributed by atoms with Gasteiger partial charge in [-0.15, -0.1) is 24.8 Å². The number of pyridine rings is 2. The molecule has 1 aliphatic heterocycles. The third-order valence-corrected chi connectivity index (χ3v) is 5.39. The number of nitrogens with one attached hydrogen (secondary N) is 1. The minimum atomic E-state index is 0. The molecule has 0 radical (unpaired) electrons. The minimum absolute atomic E-state index is 0. The first-order valence-corrected chi connectivity index (χ1v) is 9.70. The van der Waals surface area contributed by atoms with Gasteiger partial charge in [0, 0.05) is 67.4 Å². The van der Waals surface area contributed by atoms with Gasteiger partial charge in [0.15, 0.2) is 5.11 Å². The number of halogens is 3. The molecule has 0 amide bonds. The molecule has 0 saturated carbocycles. The molecule has 29 heavy (non-hydrogen) atoms. The molecule has 2 aromatic heterocycles. The molecule has 4 rings (SSSR count). The fourth-order valence-electron chi connectivity index (χ4n) is 3.32. The highest BCUT2D eigenvalue weighted by molar-refractivity contribution is 7.80. The van der Waals surface area contributed by atoms with E-state index in [1.165, 1.54) is 5.69 Å². The molecule has 9 heteroatoms. The van der Waals surface area contributed by atoms with Gasteiger partial charge in [-0.25, -0.2) is 0 Å². The number of hydrogen-bond acceptors (Lipinski definition) is 4. The Balaban J connectivity index is 0.00000150. The lowest BCUT2D eigenvalue weighted by Crippen LogP contribution is -2.51. The largest absolute Gasteiger partial charge is 0.367 e. The maximum atomic E-state index is 6.10. The van der Waals surface area contributed by atoms with E-state index in [-0.39, 0.29) is 24.8 Å². The molecule has 1 saturated heterocycles. The first-order chi connectivity index (χ1) is 13.2. The van der Waals surface area contributed by atoms with Crippen molar-refractivity contribution in [2.45, 2.75) is 6.54 Å². The number of nitrogens with zero attached hydrogens (tertiary/aromatic N) is 4. The molecule has 154 valence electrons. The highest BCUT2D eigenvalue weighted by Crippen LogP contribution is 2.28. The third kappa shape index (κ3) is 5.60. The fourth-order valence-corrected chi connectivity index (χ4v) is 3.75.